The molecule has 2 amide bonds. The number of benzodiazepines with no additional fused rings is 1. The maximum Gasteiger partial charge on any atom is 0.326 e. The first kappa shape index (κ1) is 31.8. The average molecular weight is 620 g/mol. The summed E-state index contributed by atoms with van der Waals surface area (Å²) in [4.78, 5) is 48.6. The molecule has 1 aliphatic rings. The van der Waals surface area contributed by atoms with Gasteiger partial charge in [-0.3, -0.25) is 24.5 Å². The summed E-state index contributed by atoms with van der Waals surface area (Å²) in [5.74, 6) is -3.38. The highest BCUT2D eigenvalue weighted by molar-refractivity contribution is 7.88. The van der Waals surface area contributed by atoms with E-state index in [9.17, 15) is 27.9 Å². The lowest BCUT2D eigenvalue weighted by Crippen LogP contribution is -2.52. The number of para-hydroxylation sites is 1. The van der Waals surface area contributed by atoms with Crippen LogP contribution in [0.3, 0.4) is 0 Å². The van der Waals surface area contributed by atoms with Crippen molar-refractivity contribution in [2.75, 3.05) is 18.0 Å². The van der Waals surface area contributed by atoms with E-state index in [0.717, 1.165) is 4.90 Å². The summed E-state index contributed by atoms with van der Waals surface area (Å²) in [5, 5.41) is 12.1. The molecular weight excluding hydrogens is 586 g/mol. The van der Waals surface area contributed by atoms with E-state index >= 15 is 0 Å². The summed E-state index contributed by atoms with van der Waals surface area (Å²) in [6, 6.07) is 22.8. The van der Waals surface area contributed by atoms with Crippen molar-refractivity contribution in [3.8, 4) is 0 Å². The van der Waals surface area contributed by atoms with Crippen molar-refractivity contribution in [1.82, 2.24) is 10.0 Å². The minimum absolute atomic E-state index is 0.0333. The van der Waals surface area contributed by atoms with Gasteiger partial charge in [-0.15, -0.1) is 0 Å². The van der Waals surface area contributed by atoms with Crippen molar-refractivity contribution in [3.63, 3.8) is 0 Å². The Labute approximate surface area is 254 Å². The molecule has 0 aliphatic carbocycles. The van der Waals surface area contributed by atoms with Crippen LogP contribution in [0.5, 0.6) is 0 Å². The lowest BCUT2D eigenvalue weighted by atomic mass is 10.0. The molecule has 3 aromatic carbocycles. The Bertz CT molecular complexity index is 1660. The van der Waals surface area contributed by atoms with E-state index in [1.807, 2.05) is 6.07 Å². The van der Waals surface area contributed by atoms with Crippen LogP contribution >= 0.6 is 0 Å². The zero-order valence-electron chi connectivity index (χ0n) is 23.7. The van der Waals surface area contributed by atoms with Gasteiger partial charge in [0.1, 0.15) is 12.6 Å². The minimum atomic E-state index is -4.09. The monoisotopic (exact) mass is 619 g/mol. The largest absolute Gasteiger partial charge is 0.480 e. The van der Waals surface area contributed by atoms with E-state index < -0.39 is 52.3 Å². The van der Waals surface area contributed by atoms with E-state index in [4.69, 9.17) is 11.5 Å². The number of aliphatic imine (C=N–C) groups is 2. The molecule has 0 radical (unpaired) electrons. The molecule has 0 aromatic heterocycles. The van der Waals surface area contributed by atoms with E-state index in [1.54, 1.807) is 78.9 Å². The number of nitrogens with zero attached hydrogens (tertiary/aromatic N) is 3. The van der Waals surface area contributed by atoms with Gasteiger partial charge in [0.15, 0.2) is 12.1 Å². The van der Waals surface area contributed by atoms with E-state index in [2.05, 4.69) is 20.0 Å². The summed E-state index contributed by atoms with van der Waals surface area (Å²) in [7, 11) is -4.09. The predicted molar refractivity (Wildman–Crippen MR) is 166 cm³/mol. The molecule has 7 N–H and O–H groups in total. The zero-order chi connectivity index (χ0) is 31.7. The fourth-order valence-electron chi connectivity index (χ4n) is 4.65. The normalized spacial score (nSPS) is 15.4. The molecule has 1 heterocycles. The van der Waals surface area contributed by atoms with Gasteiger partial charge in [-0.05, 0) is 24.5 Å². The van der Waals surface area contributed by atoms with Crippen molar-refractivity contribution in [1.29, 1.82) is 0 Å². The van der Waals surface area contributed by atoms with Gasteiger partial charge in [0, 0.05) is 17.7 Å². The number of aliphatic carboxylic acids is 1. The maximum absolute atomic E-state index is 14.0. The number of fused-ring (bicyclic) bond motifs is 1. The number of carbonyl (C=O) groups is 3. The molecule has 2 atom stereocenters. The van der Waals surface area contributed by atoms with Crippen molar-refractivity contribution >= 4 is 45.2 Å². The standard InChI is InChI=1S/C30H33N7O6S/c31-30(32)33-17-9-15-23(29(40)41)34-25(38)18-37-24-16-8-7-14-22(24)26(21-12-5-2-6-13-21)35-27(28(37)39)36-44(42,43)19-20-10-3-1-4-11-20/h1-8,10-14,16,23,27,36H,9,15,17-19H2,(H,34,38)(H,40,41)(H4,31,32,33)/t23-,27+/m0/s1. The molecule has 3 aromatic rings. The number of rotatable bonds is 13. The Kier molecular flexibility index (Phi) is 10.4. The number of nitrogens with one attached hydrogen (secondary N) is 2. The van der Waals surface area contributed by atoms with Crippen molar-refractivity contribution in [2.45, 2.75) is 30.8 Å². The molecule has 1 aliphatic heterocycles. The molecule has 0 spiro atoms. The number of carboxylic acid groups (broad SMARTS) is 1. The zero-order valence-corrected chi connectivity index (χ0v) is 24.5. The third kappa shape index (κ3) is 8.49. The second-order valence-corrected chi connectivity index (χ2v) is 11.7. The average Bonchev–Trinajstić information content (AvgIpc) is 3.09. The molecule has 0 unspecified atom stereocenters. The number of guanidine groups is 1. The van der Waals surface area contributed by atoms with Gasteiger partial charge in [-0.1, -0.05) is 78.9 Å². The maximum atomic E-state index is 14.0. The van der Waals surface area contributed by atoms with Gasteiger partial charge in [0.25, 0.3) is 5.91 Å². The van der Waals surface area contributed by atoms with Gasteiger partial charge in [0.05, 0.1) is 17.2 Å². The summed E-state index contributed by atoms with van der Waals surface area (Å²) < 4.78 is 28.9. The molecule has 230 valence electrons. The molecule has 0 saturated carbocycles. The second kappa shape index (κ2) is 14.4. The number of carbonyl (C=O) groups excluding carboxylic acids is 2. The molecule has 4 rings (SSSR count). The van der Waals surface area contributed by atoms with Crippen molar-refractivity contribution < 1.29 is 27.9 Å². The number of sulfonamides is 1. The van der Waals surface area contributed by atoms with Gasteiger partial charge < -0.3 is 21.9 Å². The lowest BCUT2D eigenvalue weighted by Gasteiger charge is -2.25. The molecule has 13 nitrogen and oxygen atoms in total. The highest BCUT2D eigenvalue weighted by Crippen LogP contribution is 2.28. The second-order valence-electron chi connectivity index (χ2n) is 9.96. The van der Waals surface area contributed by atoms with Crippen LogP contribution in [0.1, 0.15) is 29.5 Å². The Hall–Kier alpha value is -5.08. The molecule has 0 bridgehead atoms. The Morgan fingerprint density at radius 3 is 2.27 bits per heavy atom. The SMILES string of the molecule is NC(N)=NCCC[C@H](NC(=O)CN1C(=O)[C@@H](NS(=O)(=O)Cc2ccccc2)N=C(c2ccccc2)c2ccccc21)C(=O)O. The van der Waals surface area contributed by atoms with Crippen LogP contribution in [0.15, 0.2) is 94.9 Å². The molecular formula is C30H33N7O6S. The topological polar surface area (TPSA) is 210 Å². The first-order valence-corrected chi connectivity index (χ1v) is 15.3. The summed E-state index contributed by atoms with van der Waals surface area (Å²) in [6.07, 6.45) is -1.31. The number of hydrogen-bond donors (Lipinski definition) is 5. The lowest BCUT2D eigenvalue weighted by molar-refractivity contribution is -0.141. The number of benzene rings is 3. The fraction of sp³-hybridized carbons (Fsp3) is 0.233. The number of anilines is 1. The Morgan fingerprint density at radius 1 is 0.977 bits per heavy atom. The highest BCUT2D eigenvalue weighted by Gasteiger charge is 2.36. The fourth-order valence-corrected chi connectivity index (χ4v) is 5.85. The third-order valence-electron chi connectivity index (χ3n) is 6.63. The summed E-state index contributed by atoms with van der Waals surface area (Å²) >= 11 is 0. The number of carboxylic acids is 1. The van der Waals surface area contributed by atoms with E-state index in [1.165, 1.54) is 0 Å². The first-order valence-electron chi connectivity index (χ1n) is 13.7. The number of nitrogens with two attached hydrogens (primary N) is 2. The molecule has 14 heteroatoms. The van der Waals surface area contributed by atoms with Gasteiger partial charge in [0.2, 0.25) is 15.9 Å². The predicted octanol–water partition coefficient (Wildman–Crippen LogP) is 0.939. The van der Waals surface area contributed by atoms with Crippen molar-refractivity contribution in [3.05, 3.63) is 102 Å². The van der Waals surface area contributed by atoms with Crippen LogP contribution in [0, 0.1) is 0 Å². The van der Waals surface area contributed by atoms with Crippen molar-refractivity contribution in [2.24, 2.45) is 21.5 Å². The van der Waals surface area contributed by atoms with E-state index in [-0.39, 0.29) is 25.3 Å². The Balaban J connectivity index is 1.66. The van der Waals surface area contributed by atoms with Gasteiger partial charge in [-0.25, -0.2) is 13.2 Å². The number of amides is 2. The quantitative estimate of drug-likeness (QED) is 0.105. The molecule has 44 heavy (non-hydrogen) atoms. The highest BCUT2D eigenvalue weighted by atomic mass is 32.2. The third-order valence-corrected chi connectivity index (χ3v) is 7.92. The van der Waals surface area contributed by atoms with Crippen LogP contribution in [-0.2, 0) is 30.2 Å². The van der Waals surface area contributed by atoms with Crippen LogP contribution < -0.4 is 26.4 Å². The van der Waals surface area contributed by atoms with Gasteiger partial charge >= 0.3 is 5.97 Å². The Morgan fingerprint density at radius 2 is 1.61 bits per heavy atom. The molecule has 0 fully saturated rings. The smallest absolute Gasteiger partial charge is 0.326 e. The minimum Gasteiger partial charge on any atom is -0.480 e. The summed E-state index contributed by atoms with van der Waals surface area (Å²) in [6.45, 7) is -0.424. The van der Waals surface area contributed by atoms with Gasteiger partial charge in [-0.2, -0.15) is 4.72 Å². The summed E-state index contributed by atoms with van der Waals surface area (Å²) in [5.41, 5.74) is 12.9. The first-order chi connectivity index (χ1) is 21.0. The molecule has 0 saturated heterocycles. The van der Waals surface area contributed by atoms with E-state index in [0.29, 0.717) is 28.1 Å². The number of hydrogen-bond acceptors (Lipinski definition) is 7. The van der Waals surface area contributed by atoms with Crippen LogP contribution in [0.2, 0.25) is 0 Å². The van der Waals surface area contributed by atoms with Crippen LogP contribution in [-0.4, -0.2) is 68.3 Å². The van der Waals surface area contributed by atoms with Crippen LogP contribution in [0.4, 0.5) is 5.69 Å². The van der Waals surface area contributed by atoms with Crippen LogP contribution in [0.25, 0.3) is 0 Å².